The predicted molar refractivity (Wildman–Crippen MR) is 166 cm³/mol. The van der Waals surface area contributed by atoms with Crippen LogP contribution >= 0.6 is 11.3 Å². The van der Waals surface area contributed by atoms with Crippen molar-refractivity contribution in [3.63, 3.8) is 0 Å². The van der Waals surface area contributed by atoms with E-state index in [2.05, 4.69) is 15.3 Å². The molecule has 8 nitrogen and oxygen atoms in total. The number of rotatable bonds is 9. The Balaban J connectivity index is 1.31. The van der Waals surface area contributed by atoms with Gasteiger partial charge in [0.25, 0.3) is 11.8 Å². The van der Waals surface area contributed by atoms with Crippen molar-refractivity contribution in [3.05, 3.63) is 119 Å². The number of thiophene rings is 1. The molecule has 0 bridgehead atoms. The zero-order chi connectivity index (χ0) is 29.1. The Morgan fingerprint density at radius 1 is 1.00 bits per heavy atom. The summed E-state index contributed by atoms with van der Waals surface area (Å²) in [6, 6.07) is 27.9. The fraction of sp³-hybridized carbons (Fsp3) is 0.152. The number of imidazole rings is 1. The van der Waals surface area contributed by atoms with E-state index >= 15 is 0 Å². The van der Waals surface area contributed by atoms with Crippen LogP contribution in [0.2, 0.25) is 0 Å². The van der Waals surface area contributed by atoms with Crippen LogP contribution in [0.3, 0.4) is 0 Å². The van der Waals surface area contributed by atoms with Gasteiger partial charge in [-0.3, -0.25) is 19.5 Å². The third-order valence-corrected chi connectivity index (χ3v) is 8.24. The minimum atomic E-state index is -0.415. The van der Waals surface area contributed by atoms with Crippen molar-refractivity contribution in [2.24, 2.45) is 0 Å². The monoisotopic (exact) mass is 575 g/mol. The molecule has 1 atom stereocenters. The van der Waals surface area contributed by atoms with Crippen LogP contribution in [-0.4, -0.2) is 40.4 Å². The van der Waals surface area contributed by atoms with Crippen LogP contribution in [0.25, 0.3) is 21.1 Å². The maximum Gasteiger partial charge on any atom is 0.261 e. The molecule has 0 radical (unpaired) electrons. The van der Waals surface area contributed by atoms with Gasteiger partial charge in [-0.05, 0) is 79.0 Å². The highest BCUT2D eigenvalue weighted by Crippen LogP contribution is 2.34. The van der Waals surface area contributed by atoms with Crippen molar-refractivity contribution < 1.29 is 14.3 Å². The smallest absolute Gasteiger partial charge is 0.261 e. The van der Waals surface area contributed by atoms with E-state index in [4.69, 9.17) is 9.72 Å². The van der Waals surface area contributed by atoms with Crippen LogP contribution in [0.4, 0.5) is 5.69 Å². The van der Waals surface area contributed by atoms with Crippen molar-refractivity contribution in [1.82, 2.24) is 20.3 Å². The Morgan fingerprint density at radius 3 is 2.67 bits per heavy atom. The summed E-state index contributed by atoms with van der Waals surface area (Å²) in [5, 5.41) is 3.87. The molecule has 2 N–H and O–H groups in total. The number of carbonyl (C=O) groups excluding carboxylic acids is 2. The van der Waals surface area contributed by atoms with Gasteiger partial charge in [0.1, 0.15) is 11.6 Å². The van der Waals surface area contributed by atoms with Crippen LogP contribution in [0.15, 0.2) is 97.2 Å². The van der Waals surface area contributed by atoms with E-state index in [-0.39, 0.29) is 11.8 Å². The molecule has 9 heteroatoms. The quantitative estimate of drug-likeness (QED) is 0.203. The summed E-state index contributed by atoms with van der Waals surface area (Å²) in [6.45, 7) is 2.45. The summed E-state index contributed by atoms with van der Waals surface area (Å²) in [4.78, 5) is 41.8. The molecule has 1 unspecified atom stereocenters. The van der Waals surface area contributed by atoms with Crippen molar-refractivity contribution in [3.8, 4) is 5.75 Å². The first-order valence-electron chi connectivity index (χ1n) is 13.6. The molecule has 0 fully saturated rings. The third-order valence-electron chi connectivity index (χ3n) is 7.12. The average Bonchev–Trinajstić information content (AvgIpc) is 3.66. The second-order valence-corrected chi connectivity index (χ2v) is 11.0. The number of methoxy groups -OCH3 is 1. The molecule has 0 spiro atoms. The number of nitrogens with zero attached hydrogens (tertiary/aromatic N) is 3. The number of pyridine rings is 1. The Bertz CT molecular complexity index is 1850. The maximum atomic E-state index is 14.1. The molecule has 210 valence electrons. The molecule has 0 saturated carbocycles. The number of anilines is 1. The van der Waals surface area contributed by atoms with Gasteiger partial charge in [-0.2, -0.15) is 0 Å². The van der Waals surface area contributed by atoms with Gasteiger partial charge in [-0.15, -0.1) is 11.3 Å². The number of hydrogen-bond acceptors (Lipinski definition) is 6. The van der Waals surface area contributed by atoms with Gasteiger partial charge in [0, 0.05) is 40.8 Å². The Hall–Kier alpha value is -5.02. The van der Waals surface area contributed by atoms with Gasteiger partial charge < -0.3 is 15.0 Å². The number of aromatic amines is 1. The summed E-state index contributed by atoms with van der Waals surface area (Å²) < 4.78 is 6.34. The highest BCUT2D eigenvalue weighted by molar-refractivity contribution is 7.20. The molecular weight excluding hydrogens is 546 g/mol. The van der Waals surface area contributed by atoms with E-state index in [1.54, 1.807) is 36.4 Å². The third kappa shape index (κ3) is 5.59. The first-order valence-corrected chi connectivity index (χ1v) is 14.5. The second kappa shape index (κ2) is 11.8. The molecule has 3 heterocycles. The lowest BCUT2D eigenvalue weighted by Gasteiger charge is -2.28. The van der Waals surface area contributed by atoms with Crippen LogP contribution in [0, 0.1) is 0 Å². The number of para-hydroxylation sites is 2. The SMILES string of the molecule is COc1cccc(C(=O)N(c2ccc3sc(C(=O)NCCc4ccccn4)cc3c2)C(C)c2nc3ccccc3[nH]2)c1. The molecule has 0 aliphatic heterocycles. The van der Waals surface area contributed by atoms with Gasteiger partial charge in [-0.1, -0.05) is 24.3 Å². The fourth-order valence-corrected chi connectivity index (χ4v) is 5.89. The number of fused-ring (bicyclic) bond motifs is 2. The van der Waals surface area contributed by atoms with E-state index in [1.165, 1.54) is 11.3 Å². The van der Waals surface area contributed by atoms with Crippen molar-refractivity contribution >= 4 is 50.0 Å². The highest BCUT2D eigenvalue weighted by Gasteiger charge is 2.27. The number of hydrogen-bond donors (Lipinski definition) is 2. The summed E-state index contributed by atoms with van der Waals surface area (Å²) >= 11 is 1.42. The normalized spacial score (nSPS) is 11.9. The zero-order valence-electron chi connectivity index (χ0n) is 23.2. The predicted octanol–water partition coefficient (Wildman–Crippen LogP) is 6.56. The van der Waals surface area contributed by atoms with Gasteiger partial charge in [0.15, 0.2) is 0 Å². The molecule has 0 aliphatic carbocycles. The highest BCUT2D eigenvalue weighted by atomic mass is 32.1. The number of amides is 2. The lowest BCUT2D eigenvalue weighted by atomic mass is 10.1. The summed E-state index contributed by atoms with van der Waals surface area (Å²) in [5.74, 6) is 0.951. The summed E-state index contributed by atoms with van der Waals surface area (Å²) in [5.41, 5.74) is 3.86. The van der Waals surface area contributed by atoms with Crippen LogP contribution in [-0.2, 0) is 6.42 Å². The van der Waals surface area contributed by atoms with Crippen molar-refractivity contribution in [1.29, 1.82) is 0 Å². The first-order chi connectivity index (χ1) is 20.5. The van der Waals surface area contributed by atoms with E-state index in [1.807, 2.05) is 79.7 Å². The molecule has 6 rings (SSSR count). The molecule has 6 aromatic rings. The average molecular weight is 576 g/mol. The number of aromatic nitrogens is 3. The second-order valence-electron chi connectivity index (χ2n) is 9.88. The molecule has 0 saturated heterocycles. The number of benzene rings is 3. The topological polar surface area (TPSA) is 100 Å². The van der Waals surface area contributed by atoms with E-state index in [0.29, 0.717) is 40.7 Å². The van der Waals surface area contributed by atoms with Gasteiger partial charge in [0.05, 0.1) is 29.1 Å². The Morgan fingerprint density at radius 2 is 1.86 bits per heavy atom. The minimum Gasteiger partial charge on any atom is -0.497 e. The van der Waals surface area contributed by atoms with E-state index in [9.17, 15) is 9.59 Å². The lowest BCUT2D eigenvalue weighted by Crippen LogP contribution is -2.34. The minimum absolute atomic E-state index is 0.131. The first kappa shape index (κ1) is 27.2. The zero-order valence-corrected chi connectivity index (χ0v) is 24.0. The Labute approximate surface area is 247 Å². The standard InChI is InChI=1S/C33H29N5O3S/c1-21(31-36-27-11-3-4-12-28(27)37-31)38(33(40)22-8-7-10-26(19-22)41-2)25-13-14-29-23(18-25)20-30(42-29)32(39)35-17-15-24-9-5-6-16-34-24/h3-14,16,18-21H,15,17H2,1-2H3,(H,35,39)(H,36,37). The van der Waals surface area contributed by atoms with E-state index < -0.39 is 6.04 Å². The molecule has 2 amide bonds. The lowest BCUT2D eigenvalue weighted by molar-refractivity contribution is 0.0955. The number of nitrogens with one attached hydrogen (secondary N) is 2. The maximum absolute atomic E-state index is 14.1. The molecule has 42 heavy (non-hydrogen) atoms. The van der Waals surface area contributed by atoms with Crippen LogP contribution in [0.1, 0.15) is 44.5 Å². The van der Waals surface area contributed by atoms with Gasteiger partial charge >= 0.3 is 0 Å². The van der Waals surface area contributed by atoms with Crippen molar-refractivity contribution in [2.45, 2.75) is 19.4 Å². The number of carbonyl (C=O) groups is 2. The van der Waals surface area contributed by atoms with E-state index in [0.717, 1.165) is 26.8 Å². The summed E-state index contributed by atoms with van der Waals surface area (Å²) in [7, 11) is 1.58. The van der Waals surface area contributed by atoms with Gasteiger partial charge in [0.2, 0.25) is 0 Å². The molecule has 3 aromatic heterocycles. The summed E-state index contributed by atoms with van der Waals surface area (Å²) in [6.07, 6.45) is 2.40. The van der Waals surface area contributed by atoms with Crippen molar-refractivity contribution in [2.75, 3.05) is 18.6 Å². The number of H-pyrrole nitrogens is 1. The van der Waals surface area contributed by atoms with Crippen LogP contribution in [0.5, 0.6) is 5.75 Å². The largest absolute Gasteiger partial charge is 0.497 e. The molecular formula is C33H29N5O3S. The Kier molecular flexibility index (Phi) is 7.66. The molecule has 3 aromatic carbocycles. The molecule has 0 aliphatic rings. The number of ether oxygens (including phenoxy) is 1. The van der Waals surface area contributed by atoms with Gasteiger partial charge in [-0.25, -0.2) is 4.98 Å². The van der Waals surface area contributed by atoms with Crippen LogP contribution < -0.4 is 15.0 Å². The fourth-order valence-electron chi connectivity index (χ4n) is 4.93.